The summed E-state index contributed by atoms with van der Waals surface area (Å²) >= 11 is 0. The number of piperidine rings is 1. The van der Waals surface area contributed by atoms with Gasteiger partial charge in [-0.1, -0.05) is 48.5 Å². The molecule has 0 atom stereocenters. The molecule has 3 aliphatic rings. The molecule has 4 aromatic rings. The van der Waals surface area contributed by atoms with Crippen molar-refractivity contribution >= 4 is 33.7 Å². The van der Waals surface area contributed by atoms with E-state index in [0.717, 1.165) is 97.0 Å². The molecule has 1 aromatic heterocycles. The van der Waals surface area contributed by atoms with Crippen molar-refractivity contribution in [3.63, 3.8) is 0 Å². The number of para-hydroxylation sites is 2. The van der Waals surface area contributed by atoms with E-state index in [1.807, 2.05) is 36.4 Å². The summed E-state index contributed by atoms with van der Waals surface area (Å²) in [5.74, 6) is 2.39. The summed E-state index contributed by atoms with van der Waals surface area (Å²) in [5.41, 5.74) is 6.28. The van der Waals surface area contributed by atoms with Crippen LogP contribution in [0.25, 0.3) is 22.2 Å². The quantitative estimate of drug-likeness (QED) is 0.313. The highest BCUT2D eigenvalue weighted by atomic mass is 16.5. The number of aromatic nitrogens is 1. The third-order valence-corrected chi connectivity index (χ3v) is 8.53. The second-order valence-corrected chi connectivity index (χ2v) is 10.7. The van der Waals surface area contributed by atoms with E-state index in [1.54, 1.807) is 7.11 Å². The maximum Gasteiger partial charge on any atom is 0.196 e. The average molecular weight is 509 g/mol. The molecule has 0 bridgehead atoms. The van der Waals surface area contributed by atoms with Crippen molar-refractivity contribution in [3.05, 3.63) is 65.7 Å². The fourth-order valence-corrected chi connectivity index (χ4v) is 6.34. The van der Waals surface area contributed by atoms with Crippen molar-refractivity contribution in [2.45, 2.75) is 19.8 Å². The number of fused-ring (bicyclic) bond motifs is 2. The van der Waals surface area contributed by atoms with Gasteiger partial charge in [-0.3, -0.25) is 4.79 Å². The van der Waals surface area contributed by atoms with Gasteiger partial charge in [0.15, 0.2) is 11.5 Å². The molecule has 38 heavy (non-hydrogen) atoms. The smallest absolute Gasteiger partial charge is 0.196 e. The SMILES string of the molecule is COc1ccccc1N1CCN(c2cc(N3CCC(C)CC3)c3c4c(onc24)-c2ccccc2C3=O)CC1. The number of benzene rings is 3. The summed E-state index contributed by atoms with van der Waals surface area (Å²) in [6.45, 7) is 7.65. The van der Waals surface area contributed by atoms with E-state index in [1.165, 1.54) is 0 Å². The highest BCUT2D eigenvalue weighted by Crippen LogP contribution is 2.47. The molecule has 0 radical (unpaired) electrons. The molecule has 7 nitrogen and oxygen atoms in total. The lowest BCUT2D eigenvalue weighted by Gasteiger charge is -2.39. The van der Waals surface area contributed by atoms with Gasteiger partial charge in [0.25, 0.3) is 0 Å². The number of anilines is 3. The third kappa shape index (κ3) is 3.56. The van der Waals surface area contributed by atoms with Crippen LogP contribution in [0.5, 0.6) is 5.75 Å². The molecule has 2 saturated heterocycles. The molecule has 0 saturated carbocycles. The van der Waals surface area contributed by atoms with Gasteiger partial charge in [-0.05, 0) is 37.0 Å². The second kappa shape index (κ2) is 9.08. The van der Waals surface area contributed by atoms with Crippen LogP contribution in [0.2, 0.25) is 0 Å². The molecule has 3 heterocycles. The first-order valence-corrected chi connectivity index (χ1v) is 13.6. The molecule has 2 aliphatic heterocycles. The predicted molar refractivity (Wildman–Crippen MR) is 151 cm³/mol. The van der Waals surface area contributed by atoms with Gasteiger partial charge in [-0.2, -0.15) is 0 Å². The van der Waals surface area contributed by atoms with Gasteiger partial charge >= 0.3 is 0 Å². The zero-order chi connectivity index (χ0) is 25.8. The molecule has 7 rings (SSSR count). The van der Waals surface area contributed by atoms with Crippen molar-refractivity contribution in [2.24, 2.45) is 5.92 Å². The Morgan fingerprint density at radius 2 is 1.45 bits per heavy atom. The van der Waals surface area contributed by atoms with Gasteiger partial charge < -0.3 is 24.0 Å². The average Bonchev–Trinajstić information content (AvgIpc) is 3.42. The number of hydrogen-bond donors (Lipinski definition) is 0. The molecule has 0 unspecified atom stereocenters. The van der Waals surface area contributed by atoms with Crippen molar-refractivity contribution in [2.75, 3.05) is 61.1 Å². The zero-order valence-electron chi connectivity index (χ0n) is 21.9. The minimum atomic E-state index is 0.0717. The van der Waals surface area contributed by atoms with Crippen LogP contribution in [-0.2, 0) is 0 Å². The van der Waals surface area contributed by atoms with E-state index >= 15 is 0 Å². The van der Waals surface area contributed by atoms with E-state index in [-0.39, 0.29) is 5.78 Å². The van der Waals surface area contributed by atoms with Gasteiger partial charge in [0.1, 0.15) is 11.3 Å². The third-order valence-electron chi connectivity index (χ3n) is 8.53. The summed E-state index contributed by atoms with van der Waals surface area (Å²) in [7, 11) is 1.72. The fraction of sp³-hybridized carbons (Fsp3) is 0.355. The van der Waals surface area contributed by atoms with Crippen molar-refractivity contribution in [3.8, 4) is 17.1 Å². The van der Waals surface area contributed by atoms with Gasteiger partial charge in [0.2, 0.25) is 0 Å². The number of piperazine rings is 1. The minimum absolute atomic E-state index is 0.0717. The number of rotatable bonds is 4. The van der Waals surface area contributed by atoms with Crippen LogP contribution in [0, 0.1) is 5.92 Å². The van der Waals surface area contributed by atoms with E-state index in [4.69, 9.17) is 9.26 Å². The normalized spacial score (nSPS) is 17.7. The Kier molecular flexibility index (Phi) is 5.53. The number of methoxy groups -OCH3 is 1. The van der Waals surface area contributed by atoms with Crippen LogP contribution in [0.3, 0.4) is 0 Å². The molecule has 1 aliphatic carbocycles. The number of ether oxygens (including phenoxy) is 1. The fourth-order valence-electron chi connectivity index (χ4n) is 6.34. The van der Waals surface area contributed by atoms with E-state index in [9.17, 15) is 4.79 Å². The van der Waals surface area contributed by atoms with Crippen LogP contribution in [-0.4, -0.2) is 57.3 Å². The highest BCUT2D eigenvalue weighted by molar-refractivity contribution is 6.28. The standard InChI is InChI=1S/C31H32N4O3/c1-20-11-13-33(14-12-20)24-19-25(35-17-15-34(16-18-35)23-9-5-6-10-26(23)37-2)29-28-27(24)30(36)21-7-3-4-8-22(21)31(28)38-32-29/h3-10,19-20H,11-18H2,1-2H3. The molecule has 2 fully saturated rings. The Balaban J connectivity index is 1.31. The van der Waals surface area contributed by atoms with Gasteiger partial charge in [0.05, 0.1) is 35.1 Å². The highest BCUT2D eigenvalue weighted by Gasteiger charge is 2.36. The molecule has 194 valence electrons. The molecular weight excluding hydrogens is 476 g/mol. The summed E-state index contributed by atoms with van der Waals surface area (Å²) < 4.78 is 11.6. The van der Waals surface area contributed by atoms with Crippen LogP contribution in [0.15, 0.2) is 59.1 Å². The Bertz CT molecular complexity index is 1530. The summed E-state index contributed by atoms with van der Waals surface area (Å²) in [6.07, 6.45) is 2.26. The molecule has 0 N–H and O–H groups in total. The Morgan fingerprint density at radius 3 is 2.18 bits per heavy atom. The lowest BCUT2D eigenvalue weighted by molar-refractivity contribution is 0.104. The Labute approximate surface area is 222 Å². The van der Waals surface area contributed by atoms with Gasteiger partial charge in [-0.25, -0.2) is 0 Å². The number of ketones is 1. The monoisotopic (exact) mass is 508 g/mol. The van der Waals surface area contributed by atoms with E-state index in [0.29, 0.717) is 17.2 Å². The Morgan fingerprint density at radius 1 is 0.816 bits per heavy atom. The molecule has 7 heteroatoms. The lowest BCUT2D eigenvalue weighted by atomic mass is 9.85. The van der Waals surface area contributed by atoms with Gasteiger partial charge in [-0.15, -0.1) is 0 Å². The second-order valence-electron chi connectivity index (χ2n) is 10.7. The maximum absolute atomic E-state index is 13.9. The zero-order valence-corrected chi connectivity index (χ0v) is 21.9. The first-order valence-electron chi connectivity index (χ1n) is 13.6. The number of hydrogen-bond acceptors (Lipinski definition) is 7. The van der Waals surface area contributed by atoms with Gasteiger partial charge in [0, 0.05) is 50.4 Å². The predicted octanol–water partition coefficient (Wildman–Crippen LogP) is 5.61. The first kappa shape index (κ1) is 23.1. The molecule has 0 spiro atoms. The minimum Gasteiger partial charge on any atom is -0.495 e. The van der Waals surface area contributed by atoms with E-state index < -0.39 is 0 Å². The largest absolute Gasteiger partial charge is 0.495 e. The van der Waals surface area contributed by atoms with Crippen molar-refractivity contribution < 1.29 is 14.1 Å². The summed E-state index contributed by atoms with van der Waals surface area (Å²) in [4.78, 5) is 21.1. The molecule has 0 amide bonds. The first-order chi connectivity index (χ1) is 18.6. The lowest BCUT2D eigenvalue weighted by Crippen LogP contribution is -2.46. The maximum atomic E-state index is 13.9. The number of nitrogens with zero attached hydrogens (tertiary/aromatic N) is 4. The summed E-state index contributed by atoms with van der Waals surface area (Å²) in [5, 5.41) is 5.45. The Hall–Kier alpha value is -4.00. The summed E-state index contributed by atoms with van der Waals surface area (Å²) in [6, 6.07) is 18.2. The molecular formula is C31H32N4O3. The van der Waals surface area contributed by atoms with Crippen LogP contribution >= 0.6 is 0 Å². The van der Waals surface area contributed by atoms with E-state index in [2.05, 4.69) is 45.0 Å². The number of carbonyl (C=O) groups is 1. The topological polar surface area (TPSA) is 62.1 Å². The van der Waals surface area contributed by atoms with Crippen LogP contribution in [0.1, 0.15) is 35.7 Å². The van der Waals surface area contributed by atoms with Crippen molar-refractivity contribution in [1.82, 2.24) is 5.16 Å². The van der Waals surface area contributed by atoms with Crippen LogP contribution in [0.4, 0.5) is 17.1 Å². The number of carbonyl (C=O) groups excluding carboxylic acids is 1. The molecule has 3 aromatic carbocycles. The van der Waals surface area contributed by atoms with Crippen molar-refractivity contribution in [1.29, 1.82) is 0 Å². The van der Waals surface area contributed by atoms with Crippen LogP contribution < -0.4 is 19.4 Å².